The normalized spacial score (nSPS) is 11.2. The van der Waals surface area contributed by atoms with Gasteiger partial charge in [0.2, 0.25) is 0 Å². The Kier molecular flexibility index (Phi) is 9.26. The smallest absolute Gasteiger partial charge is 0.263 e. The topological polar surface area (TPSA) is 94.8 Å². The number of aryl methyl sites for hydroxylation is 1. The molecule has 1 amide bonds. The summed E-state index contributed by atoms with van der Waals surface area (Å²) in [7, 11) is 1.59. The second-order valence-corrected chi connectivity index (χ2v) is 9.84. The number of hydrazone groups is 1. The molecule has 2 heterocycles. The lowest BCUT2D eigenvalue weighted by Crippen LogP contribution is -2.30. The van der Waals surface area contributed by atoms with Gasteiger partial charge in [0.15, 0.2) is 11.5 Å². The molecule has 2 aromatic carbocycles. The molecule has 0 aliphatic rings. The summed E-state index contributed by atoms with van der Waals surface area (Å²) in [5.41, 5.74) is 5.85. The zero-order valence-corrected chi connectivity index (χ0v) is 22.7. The molecule has 0 saturated heterocycles. The fraction of sp³-hybridized carbons (Fsp3) is 0.310. The fourth-order valence-electron chi connectivity index (χ4n) is 3.99. The predicted octanol–water partition coefficient (Wildman–Crippen LogP) is 5.55. The molecular formula is C29H32N4O4S. The second kappa shape index (κ2) is 13.0. The number of methoxy groups -OCH3 is 1. The van der Waals surface area contributed by atoms with Gasteiger partial charge in [0.25, 0.3) is 11.5 Å². The largest absolute Gasteiger partial charge is 0.493 e. The standard InChI is InChI=1S/C29H32N4O4S/c1-4-5-6-7-14-37-24-13-10-21(15-25(24)36-3)16-31-32-26(34)17-33-19-30-28-27(29(33)35)23(18-38-28)22-11-8-20(2)9-12-22/h8-13,15-16,18-19H,4-7,14,17H2,1-3H3,(H,32,34)/b31-16-. The minimum Gasteiger partial charge on any atom is -0.493 e. The van der Waals surface area contributed by atoms with Crippen LogP contribution in [0, 0.1) is 6.92 Å². The number of benzene rings is 2. The lowest BCUT2D eigenvalue weighted by Gasteiger charge is -2.11. The maximum atomic E-state index is 13.2. The van der Waals surface area contributed by atoms with Crippen molar-refractivity contribution in [2.75, 3.05) is 13.7 Å². The molecular weight excluding hydrogens is 500 g/mol. The Labute approximate surface area is 225 Å². The van der Waals surface area contributed by atoms with Crippen molar-refractivity contribution >= 4 is 33.7 Å². The summed E-state index contributed by atoms with van der Waals surface area (Å²) in [6, 6.07) is 13.4. The van der Waals surface area contributed by atoms with E-state index in [1.54, 1.807) is 13.2 Å². The summed E-state index contributed by atoms with van der Waals surface area (Å²) in [5.74, 6) is 0.836. The van der Waals surface area contributed by atoms with Crippen LogP contribution in [0.1, 0.15) is 43.7 Å². The molecule has 0 aliphatic heterocycles. The third-order valence-corrected chi connectivity index (χ3v) is 6.97. The summed E-state index contributed by atoms with van der Waals surface area (Å²) < 4.78 is 12.6. The van der Waals surface area contributed by atoms with Gasteiger partial charge in [-0.1, -0.05) is 56.0 Å². The van der Waals surface area contributed by atoms with Crippen molar-refractivity contribution < 1.29 is 14.3 Å². The van der Waals surface area contributed by atoms with Gasteiger partial charge in [0, 0.05) is 10.9 Å². The van der Waals surface area contributed by atoms with E-state index >= 15 is 0 Å². The zero-order chi connectivity index (χ0) is 26.9. The van der Waals surface area contributed by atoms with Crippen molar-refractivity contribution in [3.63, 3.8) is 0 Å². The minimum atomic E-state index is -0.435. The number of hydrogen-bond acceptors (Lipinski definition) is 7. The first-order chi connectivity index (χ1) is 18.5. The molecule has 8 nitrogen and oxygen atoms in total. The lowest BCUT2D eigenvalue weighted by atomic mass is 10.1. The summed E-state index contributed by atoms with van der Waals surface area (Å²) in [6.07, 6.45) is 7.43. The van der Waals surface area contributed by atoms with Crippen molar-refractivity contribution in [2.45, 2.75) is 46.1 Å². The number of rotatable bonds is 12. The number of carbonyl (C=O) groups is 1. The SMILES string of the molecule is CCCCCCOc1ccc(/C=N\NC(=O)Cn2cnc3scc(-c4ccc(C)cc4)c3c2=O)cc1OC. The van der Waals surface area contributed by atoms with Gasteiger partial charge in [-0.05, 0) is 42.7 Å². The van der Waals surface area contributed by atoms with Crippen LogP contribution in [-0.4, -0.2) is 35.4 Å². The second-order valence-electron chi connectivity index (χ2n) is 8.99. The number of ether oxygens (including phenoxy) is 2. The van der Waals surface area contributed by atoms with Crippen LogP contribution in [0.4, 0.5) is 0 Å². The Morgan fingerprint density at radius 2 is 1.95 bits per heavy atom. The number of hydrogen-bond donors (Lipinski definition) is 1. The zero-order valence-electron chi connectivity index (χ0n) is 21.9. The molecule has 198 valence electrons. The third kappa shape index (κ3) is 6.66. The highest BCUT2D eigenvalue weighted by molar-refractivity contribution is 7.17. The highest BCUT2D eigenvalue weighted by Crippen LogP contribution is 2.31. The first-order valence-electron chi connectivity index (χ1n) is 12.7. The van der Waals surface area contributed by atoms with Crippen LogP contribution >= 0.6 is 11.3 Å². The third-order valence-electron chi connectivity index (χ3n) is 6.08. The fourth-order valence-corrected chi connectivity index (χ4v) is 4.90. The number of nitrogens with one attached hydrogen (secondary N) is 1. The predicted molar refractivity (Wildman–Crippen MR) is 152 cm³/mol. The number of carbonyl (C=O) groups excluding carboxylic acids is 1. The van der Waals surface area contributed by atoms with E-state index in [0.29, 0.717) is 28.3 Å². The van der Waals surface area contributed by atoms with Gasteiger partial charge < -0.3 is 9.47 Å². The summed E-state index contributed by atoms with van der Waals surface area (Å²) >= 11 is 1.41. The number of thiophene rings is 1. The number of aromatic nitrogens is 2. The minimum absolute atomic E-state index is 0.198. The van der Waals surface area contributed by atoms with E-state index in [2.05, 4.69) is 22.4 Å². The number of unbranched alkanes of at least 4 members (excludes halogenated alkanes) is 3. The van der Waals surface area contributed by atoms with Crippen molar-refractivity contribution in [2.24, 2.45) is 5.10 Å². The first kappa shape index (κ1) is 27.1. The van der Waals surface area contributed by atoms with Crippen molar-refractivity contribution in [3.05, 3.63) is 75.7 Å². The molecule has 0 bridgehead atoms. The van der Waals surface area contributed by atoms with E-state index in [9.17, 15) is 9.59 Å². The van der Waals surface area contributed by atoms with E-state index in [-0.39, 0.29) is 12.1 Å². The molecule has 0 saturated carbocycles. The van der Waals surface area contributed by atoms with Crippen molar-refractivity contribution in [3.8, 4) is 22.6 Å². The summed E-state index contributed by atoms with van der Waals surface area (Å²) in [6.45, 7) is 4.63. The average Bonchev–Trinajstić information content (AvgIpc) is 3.36. The summed E-state index contributed by atoms with van der Waals surface area (Å²) in [4.78, 5) is 30.8. The van der Waals surface area contributed by atoms with E-state index in [1.807, 2.05) is 48.7 Å². The van der Waals surface area contributed by atoms with Crippen LogP contribution in [0.25, 0.3) is 21.3 Å². The molecule has 0 aliphatic carbocycles. The van der Waals surface area contributed by atoms with E-state index < -0.39 is 5.91 Å². The number of amides is 1. The van der Waals surface area contributed by atoms with E-state index in [1.165, 1.54) is 41.3 Å². The molecule has 2 aromatic heterocycles. The van der Waals surface area contributed by atoms with Crippen LogP contribution in [0.3, 0.4) is 0 Å². The lowest BCUT2D eigenvalue weighted by molar-refractivity contribution is -0.121. The van der Waals surface area contributed by atoms with Crippen LogP contribution in [0.2, 0.25) is 0 Å². The molecule has 0 spiro atoms. The molecule has 9 heteroatoms. The Hall–Kier alpha value is -3.98. The Morgan fingerprint density at radius 3 is 2.71 bits per heavy atom. The van der Waals surface area contributed by atoms with Crippen molar-refractivity contribution in [1.29, 1.82) is 0 Å². The highest BCUT2D eigenvalue weighted by atomic mass is 32.1. The average molecular weight is 533 g/mol. The van der Waals surface area contributed by atoms with Crippen LogP contribution in [0.5, 0.6) is 11.5 Å². The molecule has 0 atom stereocenters. The van der Waals surface area contributed by atoms with Gasteiger partial charge in [-0.2, -0.15) is 5.10 Å². The molecule has 4 rings (SSSR count). The summed E-state index contributed by atoms with van der Waals surface area (Å²) in [5, 5.41) is 6.48. The molecule has 38 heavy (non-hydrogen) atoms. The maximum Gasteiger partial charge on any atom is 0.263 e. The van der Waals surface area contributed by atoms with Gasteiger partial charge in [0.05, 0.1) is 31.6 Å². The van der Waals surface area contributed by atoms with Crippen molar-refractivity contribution in [1.82, 2.24) is 15.0 Å². The molecule has 0 unspecified atom stereocenters. The quantitative estimate of drug-likeness (QED) is 0.147. The Balaban J connectivity index is 1.40. The maximum absolute atomic E-state index is 13.2. The van der Waals surface area contributed by atoms with Gasteiger partial charge in [0.1, 0.15) is 11.4 Å². The molecule has 1 N–H and O–H groups in total. The van der Waals surface area contributed by atoms with Crippen LogP contribution in [-0.2, 0) is 11.3 Å². The van der Waals surface area contributed by atoms with Crippen LogP contribution in [0.15, 0.2) is 64.1 Å². The van der Waals surface area contributed by atoms with Crippen LogP contribution < -0.4 is 20.5 Å². The number of nitrogens with zero attached hydrogens (tertiary/aromatic N) is 3. The molecule has 4 aromatic rings. The monoisotopic (exact) mass is 532 g/mol. The number of fused-ring (bicyclic) bond motifs is 1. The van der Waals surface area contributed by atoms with E-state index in [0.717, 1.165) is 35.1 Å². The first-order valence-corrected chi connectivity index (χ1v) is 13.5. The van der Waals surface area contributed by atoms with Gasteiger partial charge >= 0.3 is 0 Å². The van der Waals surface area contributed by atoms with Gasteiger partial charge in [-0.15, -0.1) is 11.3 Å². The highest BCUT2D eigenvalue weighted by Gasteiger charge is 2.14. The van der Waals surface area contributed by atoms with E-state index in [4.69, 9.17) is 9.47 Å². The molecule has 0 fully saturated rings. The molecule has 0 radical (unpaired) electrons. The Morgan fingerprint density at radius 1 is 1.13 bits per heavy atom. The van der Waals surface area contributed by atoms with Gasteiger partial charge in [-0.25, -0.2) is 10.4 Å². The Bertz CT molecular complexity index is 1470. The van der Waals surface area contributed by atoms with Gasteiger partial charge in [-0.3, -0.25) is 14.2 Å².